The Bertz CT molecular complexity index is 977. The van der Waals surface area contributed by atoms with E-state index in [-0.39, 0.29) is 5.91 Å². The molecule has 1 atom stereocenters. The highest BCUT2D eigenvalue weighted by molar-refractivity contribution is 5.94. The molecule has 0 saturated carbocycles. The molecule has 27 heavy (non-hydrogen) atoms. The monoisotopic (exact) mass is 360 g/mol. The van der Waals surface area contributed by atoms with Gasteiger partial charge < -0.3 is 5.32 Å². The van der Waals surface area contributed by atoms with Crippen LogP contribution in [0.15, 0.2) is 48.5 Å². The van der Waals surface area contributed by atoms with E-state index in [1.807, 2.05) is 18.2 Å². The average molecular weight is 360 g/mol. The van der Waals surface area contributed by atoms with Gasteiger partial charge in [0.2, 0.25) is 5.91 Å². The summed E-state index contributed by atoms with van der Waals surface area (Å²) in [5, 5.41) is 10.7. The maximum absolute atomic E-state index is 11.6. The van der Waals surface area contributed by atoms with Gasteiger partial charge in [-0.15, -0.1) is 0 Å². The Labute approximate surface area is 159 Å². The van der Waals surface area contributed by atoms with Crippen LogP contribution in [0.4, 0.5) is 5.69 Å². The van der Waals surface area contributed by atoms with Crippen LogP contribution in [0.5, 0.6) is 0 Å². The summed E-state index contributed by atoms with van der Waals surface area (Å²) in [5.74, 6) is -0.0772. The SMILES string of the molecule is CC(=O)Nc1ccc(C)cc1-c1n[nH]c2c1CN(C(C)c1ccccc1)C2. The van der Waals surface area contributed by atoms with Gasteiger partial charge in [-0.1, -0.05) is 42.0 Å². The van der Waals surface area contributed by atoms with Crippen molar-refractivity contribution >= 4 is 11.6 Å². The van der Waals surface area contributed by atoms with Gasteiger partial charge in [-0.05, 0) is 31.5 Å². The van der Waals surface area contributed by atoms with Crippen molar-refractivity contribution in [2.45, 2.75) is 39.9 Å². The van der Waals surface area contributed by atoms with Gasteiger partial charge in [0.05, 0.1) is 17.1 Å². The molecule has 1 amide bonds. The van der Waals surface area contributed by atoms with Crippen LogP contribution in [0.1, 0.15) is 42.3 Å². The molecule has 5 heteroatoms. The summed E-state index contributed by atoms with van der Waals surface area (Å²) in [6, 6.07) is 16.9. The van der Waals surface area contributed by atoms with Crippen molar-refractivity contribution < 1.29 is 4.79 Å². The molecule has 2 aromatic carbocycles. The summed E-state index contributed by atoms with van der Waals surface area (Å²) in [6.45, 7) is 7.51. The highest BCUT2D eigenvalue weighted by Crippen LogP contribution is 2.38. The van der Waals surface area contributed by atoms with E-state index in [1.165, 1.54) is 18.1 Å². The summed E-state index contributed by atoms with van der Waals surface area (Å²) >= 11 is 0. The number of fused-ring (bicyclic) bond motifs is 1. The standard InChI is InChI=1S/C22H24N4O/c1-14-9-10-20(23-16(3)27)18(11-14)22-19-12-26(13-21(19)24-25-22)15(2)17-7-5-4-6-8-17/h4-11,15H,12-13H2,1-3H3,(H,23,27)(H,24,25). The zero-order chi connectivity index (χ0) is 19.0. The van der Waals surface area contributed by atoms with Gasteiger partial charge in [-0.2, -0.15) is 5.10 Å². The molecule has 1 aliphatic heterocycles. The average Bonchev–Trinajstić information content (AvgIpc) is 3.24. The number of carbonyl (C=O) groups excluding carboxylic acids is 1. The first kappa shape index (κ1) is 17.5. The number of rotatable bonds is 4. The molecule has 0 fully saturated rings. The van der Waals surface area contributed by atoms with E-state index >= 15 is 0 Å². The topological polar surface area (TPSA) is 61.0 Å². The third-order valence-electron chi connectivity index (χ3n) is 5.25. The number of amides is 1. The molecule has 5 nitrogen and oxygen atoms in total. The Morgan fingerprint density at radius 3 is 2.70 bits per heavy atom. The lowest BCUT2D eigenvalue weighted by Gasteiger charge is -2.24. The summed E-state index contributed by atoms with van der Waals surface area (Å²) in [6.07, 6.45) is 0. The number of H-pyrrole nitrogens is 1. The zero-order valence-electron chi connectivity index (χ0n) is 15.9. The molecular weight excluding hydrogens is 336 g/mol. The van der Waals surface area contributed by atoms with Crippen molar-refractivity contribution in [3.8, 4) is 11.3 Å². The number of nitrogens with zero attached hydrogens (tertiary/aromatic N) is 2. The fourth-order valence-electron chi connectivity index (χ4n) is 3.76. The van der Waals surface area contributed by atoms with Gasteiger partial charge in [0, 0.05) is 37.2 Å². The fraction of sp³-hybridized carbons (Fsp3) is 0.273. The van der Waals surface area contributed by atoms with Crippen molar-refractivity contribution in [3.05, 3.63) is 70.9 Å². The first-order valence-corrected chi connectivity index (χ1v) is 9.26. The zero-order valence-corrected chi connectivity index (χ0v) is 15.9. The van der Waals surface area contributed by atoms with Crippen molar-refractivity contribution in [3.63, 3.8) is 0 Å². The highest BCUT2D eigenvalue weighted by atomic mass is 16.1. The Balaban J connectivity index is 1.66. The van der Waals surface area contributed by atoms with Gasteiger partial charge in [-0.3, -0.25) is 14.8 Å². The van der Waals surface area contributed by atoms with Gasteiger partial charge >= 0.3 is 0 Å². The lowest BCUT2D eigenvalue weighted by atomic mass is 10.0. The number of nitrogens with one attached hydrogen (secondary N) is 2. The molecule has 0 bridgehead atoms. The third kappa shape index (κ3) is 3.38. The number of aromatic nitrogens is 2. The van der Waals surface area contributed by atoms with Crippen LogP contribution in [0.2, 0.25) is 0 Å². The minimum Gasteiger partial charge on any atom is -0.326 e. The second kappa shape index (κ2) is 7.00. The van der Waals surface area contributed by atoms with Gasteiger partial charge in [-0.25, -0.2) is 0 Å². The first-order chi connectivity index (χ1) is 13.0. The molecule has 1 unspecified atom stereocenters. The minimum absolute atomic E-state index is 0.0772. The molecule has 0 spiro atoms. The number of hydrogen-bond acceptors (Lipinski definition) is 3. The summed E-state index contributed by atoms with van der Waals surface area (Å²) in [5.41, 5.74) is 7.53. The molecule has 0 aliphatic carbocycles. The van der Waals surface area contributed by atoms with E-state index in [4.69, 9.17) is 0 Å². The lowest BCUT2D eigenvalue weighted by molar-refractivity contribution is -0.114. The molecule has 2 heterocycles. The van der Waals surface area contributed by atoms with Crippen molar-refractivity contribution in [1.82, 2.24) is 15.1 Å². The van der Waals surface area contributed by atoms with Crippen molar-refractivity contribution in [2.75, 3.05) is 5.32 Å². The van der Waals surface area contributed by atoms with E-state index in [0.717, 1.165) is 41.3 Å². The van der Waals surface area contributed by atoms with Crippen LogP contribution >= 0.6 is 0 Å². The molecular formula is C22H24N4O. The van der Waals surface area contributed by atoms with E-state index in [9.17, 15) is 4.79 Å². The Kier molecular flexibility index (Phi) is 4.54. The maximum atomic E-state index is 11.6. The highest BCUT2D eigenvalue weighted by Gasteiger charge is 2.29. The van der Waals surface area contributed by atoms with Crippen LogP contribution < -0.4 is 5.32 Å². The van der Waals surface area contributed by atoms with Crippen LogP contribution in [0.3, 0.4) is 0 Å². The Morgan fingerprint density at radius 2 is 1.96 bits per heavy atom. The molecule has 2 N–H and O–H groups in total. The predicted molar refractivity (Wildman–Crippen MR) is 107 cm³/mol. The largest absolute Gasteiger partial charge is 0.326 e. The molecule has 138 valence electrons. The molecule has 0 radical (unpaired) electrons. The smallest absolute Gasteiger partial charge is 0.221 e. The molecule has 1 aliphatic rings. The van der Waals surface area contributed by atoms with E-state index in [1.54, 1.807) is 0 Å². The van der Waals surface area contributed by atoms with Crippen LogP contribution in [-0.2, 0) is 17.9 Å². The van der Waals surface area contributed by atoms with Gasteiger partial charge in [0.15, 0.2) is 0 Å². The number of benzene rings is 2. The van der Waals surface area contributed by atoms with E-state index < -0.39 is 0 Å². The van der Waals surface area contributed by atoms with Crippen molar-refractivity contribution in [1.29, 1.82) is 0 Å². The first-order valence-electron chi connectivity index (χ1n) is 9.26. The normalized spacial score (nSPS) is 14.8. The summed E-state index contributed by atoms with van der Waals surface area (Å²) < 4.78 is 0. The minimum atomic E-state index is -0.0772. The number of aromatic amines is 1. The number of hydrogen-bond donors (Lipinski definition) is 2. The summed E-state index contributed by atoms with van der Waals surface area (Å²) in [7, 11) is 0. The second-order valence-corrected chi connectivity index (χ2v) is 7.25. The lowest BCUT2D eigenvalue weighted by Crippen LogP contribution is -2.21. The van der Waals surface area contributed by atoms with Crippen LogP contribution in [0.25, 0.3) is 11.3 Å². The maximum Gasteiger partial charge on any atom is 0.221 e. The fourth-order valence-corrected chi connectivity index (χ4v) is 3.76. The summed E-state index contributed by atoms with van der Waals surface area (Å²) in [4.78, 5) is 14.0. The van der Waals surface area contributed by atoms with Gasteiger partial charge in [0.1, 0.15) is 0 Å². The Hall–Kier alpha value is -2.92. The third-order valence-corrected chi connectivity index (χ3v) is 5.25. The van der Waals surface area contributed by atoms with E-state index in [2.05, 4.69) is 64.6 Å². The number of aryl methyl sites for hydroxylation is 1. The predicted octanol–water partition coefficient (Wildman–Crippen LogP) is 4.42. The molecule has 0 saturated heterocycles. The molecule has 4 rings (SSSR count). The van der Waals surface area contributed by atoms with Gasteiger partial charge in [0.25, 0.3) is 0 Å². The molecule has 3 aromatic rings. The number of carbonyl (C=O) groups is 1. The number of anilines is 1. The van der Waals surface area contributed by atoms with Crippen molar-refractivity contribution in [2.24, 2.45) is 0 Å². The van der Waals surface area contributed by atoms with Crippen LogP contribution in [0, 0.1) is 6.92 Å². The molecule has 1 aromatic heterocycles. The van der Waals surface area contributed by atoms with E-state index in [0.29, 0.717) is 6.04 Å². The van der Waals surface area contributed by atoms with Crippen LogP contribution in [-0.4, -0.2) is 21.0 Å². The quantitative estimate of drug-likeness (QED) is 0.724. The Morgan fingerprint density at radius 1 is 1.19 bits per heavy atom. The second-order valence-electron chi connectivity index (χ2n) is 7.25.